The Morgan fingerprint density at radius 3 is 2.57 bits per heavy atom. The lowest BCUT2D eigenvalue weighted by molar-refractivity contribution is 0.0951. The van der Waals surface area contributed by atoms with Crippen LogP contribution in [0.4, 0.5) is 5.69 Å². The Bertz CT molecular complexity index is 1560. The fourth-order valence-corrected chi connectivity index (χ4v) is 4.01. The predicted molar refractivity (Wildman–Crippen MR) is 139 cm³/mol. The minimum atomic E-state index is -0.556. The second kappa shape index (κ2) is 9.42. The van der Waals surface area contributed by atoms with Gasteiger partial charge >= 0.3 is 0 Å². The number of carbonyl (C=O) groups is 1. The summed E-state index contributed by atoms with van der Waals surface area (Å²) >= 11 is 17.5. The molecule has 3 N–H and O–H groups in total. The van der Waals surface area contributed by atoms with Gasteiger partial charge in [0.05, 0.1) is 15.6 Å². The van der Waals surface area contributed by atoms with E-state index in [0.717, 1.165) is 0 Å². The van der Waals surface area contributed by atoms with E-state index in [2.05, 4.69) is 15.6 Å². The van der Waals surface area contributed by atoms with Gasteiger partial charge in [-0.1, -0.05) is 41.4 Å². The number of phenolic OH excluding ortho intramolecular Hbond substituents is 1. The largest absolute Gasteiger partial charge is 0.507 e. The Kier molecular flexibility index (Phi) is 6.17. The first-order valence-electron chi connectivity index (χ1n) is 10.2. The van der Waals surface area contributed by atoms with Gasteiger partial charge in [-0.05, 0) is 60.7 Å². The fourth-order valence-electron chi connectivity index (χ4n) is 3.40. The van der Waals surface area contributed by atoms with E-state index in [1.54, 1.807) is 42.5 Å². The van der Waals surface area contributed by atoms with Gasteiger partial charge in [-0.2, -0.15) is 0 Å². The molecule has 0 aliphatic heterocycles. The molecule has 0 saturated carbocycles. The third-order valence-corrected chi connectivity index (χ3v) is 6.08. The van der Waals surface area contributed by atoms with Crippen LogP contribution in [0.2, 0.25) is 10.0 Å². The Balaban J connectivity index is 1.26. The number of phenols is 1. The minimum absolute atomic E-state index is 0.0164. The van der Waals surface area contributed by atoms with Crippen LogP contribution < -0.4 is 10.6 Å². The summed E-state index contributed by atoms with van der Waals surface area (Å²) in [5.41, 5.74) is 2.75. The second-order valence-corrected chi connectivity index (χ2v) is 8.59. The highest BCUT2D eigenvalue weighted by molar-refractivity contribution is 7.80. The van der Waals surface area contributed by atoms with Crippen molar-refractivity contribution < 1.29 is 18.7 Å². The SMILES string of the molecule is O=C(NC(=S)Nc1ccc(-c2nc3ccccc3o2)c(O)c1)c1ccc(-c2cccc(Cl)c2Cl)o1. The summed E-state index contributed by atoms with van der Waals surface area (Å²) in [4.78, 5) is 17.0. The van der Waals surface area contributed by atoms with Crippen LogP contribution in [0.3, 0.4) is 0 Å². The molecule has 0 atom stereocenters. The van der Waals surface area contributed by atoms with E-state index in [1.807, 2.05) is 18.2 Å². The lowest BCUT2D eigenvalue weighted by Gasteiger charge is -2.10. The maximum Gasteiger partial charge on any atom is 0.293 e. The Morgan fingerprint density at radius 1 is 0.943 bits per heavy atom. The molecule has 0 aliphatic rings. The number of para-hydroxylation sites is 2. The second-order valence-electron chi connectivity index (χ2n) is 7.39. The van der Waals surface area contributed by atoms with Gasteiger partial charge in [0, 0.05) is 17.3 Å². The third kappa shape index (κ3) is 4.72. The number of halogens is 2. The van der Waals surface area contributed by atoms with Crippen molar-refractivity contribution in [1.29, 1.82) is 0 Å². The van der Waals surface area contributed by atoms with Crippen LogP contribution in [0.1, 0.15) is 10.6 Å². The van der Waals surface area contributed by atoms with Crippen LogP contribution in [0.15, 0.2) is 81.6 Å². The zero-order valence-corrected chi connectivity index (χ0v) is 20.0. The van der Waals surface area contributed by atoms with E-state index < -0.39 is 5.91 Å². The number of rotatable bonds is 4. The molecule has 2 aromatic heterocycles. The number of oxazole rings is 1. The topological polar surface area (TPSA) is 101 Å². The molecule has 1 amide bonds. The molecule has 5 aromatic rings. The molecule has 0 saturated heterocycles. The Morgan fingerprint density at radius 2 is 1.77 bits per heavy atom. The zero-order chi connectivity index (χ0) is 24.5. The van der Waals surface area contributed by atoms with Crippen LogP contribution >= 0.6 is 35.4 Å². The first-order chi connectivity index (χ1) is 16.9. The molecule has 3 aromatic carbocycles. The smallest absolute Gasteiger partial charge is 0.293 e. The molecule has 0 unspecified atom stereocenters. The molecule has 5 rings (SSSR count). The number of furan rings is 1. The lowest BCUT2D eigenvalue weighted by Crippen LogP contribution is -2.33. The number of fused-ring (bicyclic) bond motifs is 1. The van der Waals surface area contributed by atoms with E-state index in [-0.39, 0.29) is 16.6 Å². The van der Waals surface area contributed by atoms with Crippen LogP contribution in [-0.2, 0) is 0 Å². The molecule has 0 spiro atoms. The van der Waals surface area contributed by atoms with Crippen LogP contribution in [0.5, 0.6) is 5.75 Å². The monoisotopic (exact) mass is 523 g/mol. The number of thiocarbonyl (C=S) groups is 1. The van der Waals surface area contributed by atoms with Crippen molar-refractivity contribution in [2.24, 2.45) is 0 Å². The van der Waals surface area contributed by atoms with Gasteiger partial charge in [-0.15, -0.1) is 0 Å². The first kappa shape index (κ1) is 22.9. The Hall–Kier alpha value is -3.85. The number of nitrogens with one attached hydrogen (secondary N) is 2. The molecular weight excluding hydrogens is 509 g/mol. The summed E-state index contributed by atoms with van der Waals surface area (Å²) in [5, 5.41) is 16.6. The average Bonchev–Trinajstić information content (AvgIpc) is 3.48. The number of hydrogen-bond donors (Lipinski definition) is 3. The van der Waals surface area contributed by atoms with Gasteiger partial charge in [-0.25, -0.2) is 4.98 Å². The van der Waals surface area contributed by atoms with Crippen molar-refractivity contribution in [3.63, 3.8) is 0 Å². The normalized spacial score (nSPS) is 10.9. The summed E-state index contributed by atoms with van der Waals surface area (Å²) in [5.74, 6) is 0.0964. The number of hydrogen-bond acceptors (Lipinski definition) is 6. The van der Waals surface area contributed by atoms with E-state index >= 15 is 0 Å². The predicted octanol–water partition coefficient (Wildman–Crippen LogP) is 6.89. The zero-order valence-electron chi connectivity index (χ0n) is 17.7. The van der Waals surface area contributed by atoms with Crippen LogP contribution in [-0.4, -0.2) is 21.1 Å². The summed E-state index contributed by atoms with van der Waals surface area (Å²) in [6.07, 6.45) is 0. The van der Waals surface area contributed by atoms with Crippen molar-refractivity contribution in [2.45, 2.75) is 0 Å². The molecule has 0 radical (unpaired) electrons. The van der Waals surface area contributed by atoms with Gasteiger partial charge in [0.25, 0.3) is 5.91 Å². The maximum atomic E-state index is 12.6. The fraction of sp³-hybridized carbons (Fsp3) is 0. The van der Waals surface area contributed by atoms with Gasteiger partial charge in [0.2, 0.25) is 5.89 Å². The number of nitrogens with zero attached hydrogens (tertiary/aromatic N) is 1. The molecule has 174 valence electrons. The summed E-state index contributed by atoms with van der Waals surface area (Å²) in [6.45, 7) is 0. The molecule has 0 fully saturated rings. The summed E-state index contributed by atoms with van der Waals surface area (Å²) < 4.78 is 11.3. The number of benzene rings is 3. The minimum Gasteiger partial charge on any atom is -0.507 e. The summed E-state index contributed by atoms with van der Waals surface area (Å²) in [6, 6.07) is 20.3. The van der Waals surface area contributed by atoms with E-state index in [1.165, 1.54) is 12.1 Å². The van der Waals surface area contributed by atoms with Crippen LogP contribution in [0, 0.1) is 0 Å². The average molecular weight is 524 g/mol. The quantitative estimate of drug-likeness (QED) is 0.220. The number of amides is 1. The standard InChI is InChI=1S/C25H15Cl2N3O4S/c26-16-5-3-4-15(22(16)27)19-10-11-21(33-19)23(32)30-25(35)28-13-8-9-14(18(31)12-13)24-29-17-6-1-2-7-20(17)34-24/h1-12,31H,(H2,28,30,32,35). The highest BCUT2D eigenvalue weighted by Gasteiger charge is 2.17. The summed E-state index contributed by atoms with van der Waals surface area (Å²) in [7, 11) is 0. The first-order valence-corrected chi connectivity index (χ1v) is 11.4. The Labute approximate surface area is 214 Å². The number of anilines is 1. The van der Waals surface area contributed by atoms with Crippen molar-refractivity contribution in [2.75, 3.05) is 5.32 Å². The molecule has 10 heteroatoms. The van der Waals surface area contributed by atoms with E-state index in [0.29, 0.717) is 49.6 Å². The highest BCUT2D eigenvalue weighted by atomic mass is 35.5. The molecular formula is C25H15Cl2N3O4S. The molecule has 0 bridgehead atoms. The highest BCUT2D eigenvalue weighted by Crippen LogP contribution is 2.35. The van der Waals surface area contributed by atoms with Crippen molar-refractivity contribution >= 4 is 63.2 Å². The van der Waals surface area contributed by atoms with Crippen molar-refractivity contribution in [1.82, 2.24) is 10.3 Å². The van der Waals surface area contributed by atoms with Crippen molar-refractivity contribution in [3.8, 4) is 28.5 Å². The molecule has 0 aliphatic carbocycles. The number of carbonyl (C=O) groups excluding carboxylic acids is 1. The van der Waals surface area contributed by atoms with Gasteiger partial charge in [0.1, 0.15) is 17.0 Å². The number of aromatic nitrogens is 1. The van der Waals surface area contributed by atoms with Gasteiger partial charge in [-0.3, -0.25) is 10.1 Å². The molecule has 35 heavy (non-hydrogen) atoms. The number of aromatic hydroxyl groups is 1. The van der Waals surface area contributed by atoms with Crippen molar-refractivity contribution in [3.05, 3.63) is 88.6 Å². The van der Waals surface area contributed by atoms with Crippen LogP contribution in [0.25, 0.3) is 33.9 Å². The molecule has 7 nitrogen and oxygen atoms in total. The van der Waals surface area contributed by atoms with Gasteiger partial charge in [0.15, 0.2) is 16.5 Å². The van der Waals surface area contributed by atoms with E-state index in [9.17, 15) is 9.90 Å². The molecule has 2 heterocycles. The maximum absolute atomic E-state index is 12.6. The van der Waals surface area contributed by atoms with E-state index in [4.69, 9.17) is 44.3 Å². The third-order valence-electron chi connectivity index (χ3n) is 5.05. The van der Waals surface area contributed by atoms with Gasteiger partial charge < -0.3 is 19.3 Å². The lowest BCUT2D eigenvalue weighted by atomic mass is 10.2.